The molecule has 4 nitrogen and oxygen atoms in total. The van der Waals surface area contributed by atoms with Crippen molar-refractivity contribution in [3.05, 3.63) is 0 Å². The molecule has 0 aromatic rings. The number of hydrogen-bond donors (Lipinski definition) is 1. The zero-order valence-electron chi connectivity index (χ0n) is 12.1. The lowest BCUT2D eigenvalue weighted by Crippen LogP contribution is -2.42. The third-order valence-corrected chi connectivity index (χ3v) is 3.32. The molecule has 1 N–H and O–H groups in total. The zero-order chi connectivity index (χ0) is 13.1. The third kappa shape index (κ3) is 7.31. The Morgan fingerprint density at radius 1 is 1.22 bits per heavy atom. The van der Waals surface area contributed by atoms with Crippen molar-refractivity contribution in [2.45, 2.75) is 39.2 Å². The molecule has 1 heterocycles. The van der Waals surface area contributed by atoms with Gasteiger partial charge in [-0.15, -0.1) is 0 Å². The van der Waals surface area contributed by atoms with E-state index in [-0.39, 0.29) is 0 Å². The van der Waals surface area contributed by atoms with Gasteiger partial charge < -0.3 is 14.8 Å². The fraction of sp³-hybridized carbons (Fsp3) is 1.00. The van der Waals surface area contributed by atoms with E-state index in [1.54, 1.807) is 0 Å². The Balaban J connectivity index is 1.94. The molecule has 1 unspecified atom stereocenters. The molecule has 0 radical (unpaired) electrons. The standard InChI is InChI=1S/C14H30N2O2/c1-3-17-12-6-8-15-9-11-16-10-5-7-14(13-16)18-4-2/h14-15H,3-13H2,1-2H3. The minimum absolute atomic E-state index is 0.460. The largest absolute Gasteiger partial charge is 0.382 e. The third-order valence-electron chi connectivity index (χ3n) is 3.32. The molecular formula is C14H30N2O2. The summed E-state index contributed by atoms with van der Waals surface area (Å²) in [6, 6.07) is 0. The van der Waals surface area contributed by atoms with E-state index in [1.807, 2.05) is 6.92 Å². The van der Waals surface area contributed by atoms with Crippen molar-refractivity contribution in [2.24, 2.45) is 0 Å². The van der Waals surface area contributed by atoms with Gasteiger partial charge >= 0.3 is 0 Å². The van der Waals surface area contributed by atoms with Gasteiger partial charge in [-0.1, -0.05) is 0 Å². The van der Waals surface area contributed by atoms with Gasteiger partial charge in [0.05, 0.1) is 6.10 Å². The van der Waals surface area contributed by atoms with Gasteiger partial charge in [-0.25, -0.2) is 0 Å². The van der Waals surface area contributed by atoms with Crippen LogP contribution in [0.15, 0.2) is 0 Å². The summed E-state index contributed by atoms with van der Waals surface area (Å²) in [4.78, 5) is 2.51. The highest BCUT2D eigenvalue weighted by atomic mass is 16.5. The maximum absolute atomic E-state index is 5.71. The van der Waals surface area contributed by atoms with Crippen molar-refractivity contribution in [3.8, 4) is 0 Å². The van der Waals surface area contributed by atoms with Crippen LogP contribution in [0.1, 0.15) is 33.1 Å². The van der Waals surface area contributed by atoms with Crippen molar-refractivity contribution < 1.29 is 9.47 Å². The molecule has 1 rings (SSSR count). The highest BCUT2D eigenvalue weighted by Crippen LogP contribution is 2.12. The molecule has 0 aliphatic carbocycles. The number of rotatable bonds is 10. The van der Waals surface area contributed by atoms with Gasteiger partial charge in [-0.3, -0.25) is 4.90 Å². The molecule has 1 atom stereocenters. The van der Waals surface area contributed by atoms with E-state index >= 15 is 0 Å². The second kappa shape index (κ2) is 10.7. The van der Waals surface area contributed by atoms with Crippen LogP contribution in [0.3, 0.4) is 0 Å². The van der Waals surface area contributed by atoms with Gasteiger partial charge in [0.15, 0.2) is 0 Å². The van der Waals surface area contributed by atoms with Crippen LogP contribution < -0.4 is 5.32 Å². The van der Waals surface area contributed by atoms with Crippen LogP contribution in [-0.4, -0.2) is 63.5 Å². The molecule has 0 saturated carbocycles. The first-order valence-corrected chi connectivity index (χ1v) is 7.49. The topological polar surface area (TPSA) is 33.7 Å². The van der Waals surface area contributed by atoms with Gasteiger partial charge in [0.2, 0.25) is 0 Å². The lowest BCUT2D eigenvalue weighted by Gasteiger charge is -2.32. The Bertz CT molecular complexity index is 189. The smallest absolute Gasteiger partial charge is 0.0702 e. The number of hydrogen-bond acceptors (Lipinski definition) is 4. The van der Waals surface area contributed by atoms with E-state index in [4.69, 9.17) is 9.47 Å². The fourth-order valence-corrected chi connectivity index (χ4v) is 2.39. The minimum Gasteiger partial charge on any atom is -0.382 e. The van der Waals surface area contributed by atoms with Crippen molar-refractivity contribution in [1.29, 1.82) is 0 Å². The first-order valence-electron chi connectivity index (χ1n) is 7.49. The molecular weight excluding hydrogens is 228 g/mol. The molecule has 1 aliphatic heterocycles. The quantitative estimate of drug-likeness (QED) is 0.602. The Labute approximate surface area is 112 Å². The fourth-order valence-electron chi connectivity index (χ4n) is 2.39. The van der Waals surface area contributed by atoms with Crippen LogP contribution in [0, 0.1) is 0 Å². The Kier molecular flexibility index (Phi) is 9.48. The number of likely N-dealkylation sites (tertiary alicyclic amines) is 1. The van der Waals surface area contributed by atoms with Crippen molar-refractivity contribution in [2.75, 3.05) is 52.5 Å². The normalized spacial score (nSPS) is 21.3. The van der Waals surface area contributed by atoms with Crippen molar-refractivity contribution in [3.63, 3.8) is 0 Å². The SMILES string of the molecule is CCOCCCNCCN1CCCC(OCC)C1. The van der Waals surface area contributed by atoms with E-state index in [0.717, 1.165) is 52.4 Å². The average Bonchev–Trinajstić information content (AvgIpc) is 2.39. The second-order valence-corrected chi connectivity index (χ2v) is 4.82. The Hall–Kier alpha value is -0.160. The van der Waals surface area contributed by atoms with Crippen LogP contribution in [0.4, 0.5) is 0 Å². The molecule has 0 spiro atoms. The van der Waals surface area contributed by atoms with Crippen LogP contribution in [-0.2, 0) is 9.47 Å². The monoisotopic (exact) mass is 258 g/mol. The maximum atomic E-state index is 5.71. The van der Waals surface area contributed by atoms with Gasteiger partial charge in [0.1, 0.15) is 0 Å². The van der Waals surface area contributed by atoms with E-state index in [0.29, 0.717) is 6.10 Å². The second-order valence-electron chi connectivity index (χ2n) is 4.82. The molecule has 1 aliphatic rings. The molecule has 0 bridgehead atoms. The molecule has 0 aromatic carbocycles. The molecule has 18 heavy (non-hydrogen) atoms. The predicted octanol–water partition coefficient (Wildman–Crippen LogP) is 1.50. The summed E-state index contributed by atoms with van der Waals surface area (Å²) >= 11 is 0. The van der Waals surface area contributed by atoms with E-state index < -0.39 is 0 Å². The number of nitrogens with one attached hydrogen (secondary N) is 1. The van der Waals surface area contributed by atoms with Gasteiger partial charge in [-0.2, -0.15) is 0 Å². The first-order chi connectivity index (χ1) is 8.86. The lowest BCUT2D eigenvalue weighted by atomic mass is 10.1. The van der Waals surface area contributed by atoms with Crippen molar-refractivity contribution in [1.82, 2.24) is 10.2 Å². The zero-order valence-corrected chi connectivity index (χ0v) is 12.1. The minimum atomic E-state index is 0.460. The van der Waals surface area contributed by atoms with Crippen LogP contribution in [0.5, 0.6) is 0 Å². The summed E-state index contributed by atoms with van der Waals surface area (Å²) in [5, 5.41) is 3.48. The number of nitrogens with zero attached hydrogens (tertiary/aromatic N) is 1. The van der Waals surface area contributed by atoms with Gasteiger partial charge in [0.25, 0.3) is 0 Å². The summed E-state index contributed by atoms with van der Waals surface area (Å²) < 4.78 is 11.0. The Morgan fingerprint density at radius 2 is 2.11 bits per heavy atom. The number of ether oxygens (including phenoxy) is 2. The summed E-state index contributed by atoms with van der Waals surface area (Å²) in [5.74, 6) is 0. The highest BCUT2D eigenvalue weighted by Gasteiger charge is 2.19. The van der Waals surface area contributed by atoms with E-state index in [1.165, 1.54) is 19.4 Å². The summed E-state index contributed by atoms with van der Waals surface area (Å²) in [6.45, 7) is 12.3. The molecule has 1 saturated heterocycles. The molecule has 0 amide bonds. The average molecular weight is 258 g/mol. The van der Waals surface area contributed by atoms with E-state index in [9.17, 15) is 0 Å². The number of piperidine rings is 1. The molecule has 1 fully saturated rings. The van der Waals surface area contributed by atoms with Crippen LogP contribution >= 0.6 is 0 Å². The maximum Gasteiger partial charge on any atom is 0.0702 e. The summed E-state index contributed by atoms with van der Waals surface area (Å²) in [7, 11) is 0. The molecule has 108 valence electrons. The highest BCUT2D eigenvalue weighted by molar-refractivity contribution is 4.73. The summed E-state index contributed by atoms with van der Waals surface area (Å²) in [6.07, 6.45) is 4.07. The lowest BCUT2D eigenvalue weighted by molar-refractivity contribution is 0.00635. The van der Waals surface area contributed by atoms with Gasteiger partial charge in [-0.05, 0) is 46.2 Å². The Morgan fingerprint density at radius 3 is 2.89 bits per heavy atom. The van der Waals surface area contributed by atoms with Crippen LogP contribution in [0.25, 0.3) is 0 Å². The molecule has 4 heteroatoms. The van der Waals surface area contributed by atoms with Crippen molar-refractivity contribution >= 4 is 0 Å². The summed E-state index contributed by atoms with van der Waals surface area (Å²) in [5.41, 5.74) is 0. The molecule has 0 aromatic heterocycles. The van der Waals surface area contributed by atoms with Gasteiger partial charge in [0, 0.05) is 39.5 Å². The predicted molar refractivity (Wildman–Crippen MR) is 75.1 cm³/mol. The van der Waals surface area contributed by atoms with Crippen LogP contribution in [0.2, 0.25) is 0 Å². The first kappa shape index (κ1) is 15.9. The van der Waals surface area contributed by atoms with E-state index in [2.05, 4.69) is 17.1 Å².